The lowest BCUT2D eigenvalue weighted by atomic mass is 10.0. The van der Waals surface area contributed by atoms with Crippen LogP contribution in [0.25, 0.3) is 10.9 Å². The number of amides is 2. The van der Waals surface area contributed by atoms with Crippen LogP contribution >= 0.6 is 0 Å². The van der Waals surface area contributed by atoms with Crippen molar-refractivity contribution in [1.82, 2.24) is 9.88 Å². The minimum atomic E-state index is -1.35. The van der Waals surface area contributed by atoms with Gasteiger partial charge >= 0.3 is 12.1 Å². The predicted molar refractivity (Wildman–Crippen MR) is 152 cm³/mol. The van der Waals surface area contributed by atoms with E-state index in [2.05, 4.69) is 5.32 Å². The summed E-state index contributed by atoms with van der Waals surface area (Å²) in [7, 11) is 0. The van der Waals surface area contributed by atoms with Crippen LogP contribution in [0.15, 0.2) is 41.3 Å². The largest absolute Gasteiger partial charge is 0.486 e. The summed E-state index contributed by atoms with van der Waals surface area (Å²) in [4.78, 5) is 51.0. The van der Waals surface area contributed by atoms with Gasteiger partial charge in [0, 0.05) is 37.2 Å². The molecule has 11 nitrogen and oxygen atoms in total. The zero-order valence-electron chi connectivity index (χ0n) is 23.3. The number of fused-ring (bicyclic) bond motifs is 1. The number of nitrogens with zero attached hydrogens (tertiary/aromatic N) is 3. The highest BCUT2D eigenvalue weighted by Crippen LogP contribution is 2.38. The number of hydrogen-bond donors (Lipinski definition) is 2. The van der Waals surface area contributed by atoms with Crippen LogP contribution in [0.3, 0.4) is 0 Å². The molecule has 2 aromatic carbocycles. The molecule has 1 saturated carbocycles. The van der Waals surface area contributed by atoms with Crippen molar-refractivity contribution in [3.05, 3.63) is 63.9 Å². The van der Waals surface area contributed by atoms with Crippen LogP contribution in [0.4, 0.5) is 25.0 Å². The van der Waals surface area contributed by atoms with E-state index >= 15 is 8.78 Å². The Morgan fingerprint density at radius 3 is 2.58 bits per heavy atom. The normalized spacial score (nSPS) is 20.3. The first-order valence-electron chi connectivity index (χ1n) is 14.1. The molecule has 43 heavy (non-hydrogen) atoms. The molecule has 3 aromatic rings. The molecule has 1 unspecified atom stereocenters. The quantitative estimate of drug-likeness (QED) is 0.402. The standard InChI is InChI=1S/C30H30F2N4O7/c1-16(37)33-12-20-14-36(30(41)43-20)18-6-7-27(24(32)9-18)42-19-3-2-8-34(13-19)26-11-25-21(10-23(26)31)28(38)22(29(39)40)15-35(25)17-4-5-17/h6-7,9-11,15,17,19-20H,2-5,8,12-14H2,1H3,(H,33,37)(H,39,40)/t19?,20-/m0/s1. The van der Waals surface area contributed by atoms with E-state index in [9.17, 15) is 24.3 Å². The third kappa shape index (κ3) is 5.71. The maximum Gasteiger partial charge on any atom is 0.414 e. The average molecular weight is 597 g/mol. The maximum absolute atomic E-state index is 15.4. The number of carboxylic acid groups (broad SMARTS) is 1. The number of benzene rings is 2. The molecular weight excluding hydrogens is 566 g/mol. The first-order chi connectivity index (χ1) is 20.6. The lowest BCUT2D eigenvalue weighted by Gasteiger charge is -2.35. The van der Waals surface area contributed by atoms with E-state index < -0.39 is 46.9 Å². The number of hydrogen-bond acceptors (Lipinski definition) is 7. The number of halogens is 2. The molecule has 2 N–H and O–H groups in total. The molecule has 3 fully saturated rings. The summed E-state index contributed by atoms with van der Waals surface area (Å²) in [6.07, 6.45) is 2.59. The fraction of sp³-hybridized carbons (Fsp3) is 0.400. The molecule has 2 amide bonds. The molecule has 2 atom stereocenters. The zero-order chi connectivity index (χ0) is 30.4. The van der Waals surface area contributed by atoms with Crippen molar-refractivity contribution in [3.8, 4) is 5.75 Å². The Balaban J connectivity index is 1.19. The van der Waals surface area contributed by atoms with Gasteiger partial charge in [0.05, 0.1) is 36.5 Å². The Kier molecular flexibility index (Phi) is 7.40. The van der Waals surface area contributed by atoms with Crippen molar-refractivity contribution in [3.63, 3.8) is 0 Å². The second-order valence-electron chi connectivity index (χ2n) is 11.1. The number of anilines is 2. The molecule has 2 saturated heterocycles. The van der Waals surface area contributed by atoms with Gasteiger partial charge in [-0.2, -0.15) is 0 Å². The summed E-state index contributed by atoms with van der Waals surface area (Å²) >= 11 is 0. The molecular formula is C30H30F2N4O7. The smallest absolute Gasteiger partial charge is 0.414 e. The molecule has 6 rings (SSSR count). The van der Waals surface area contributed by atoms with E-state index in [1.165, 1.54) is 30.2 Å². The summed E-state index contributed by atoms with van der Waals surface area (Å²) in [5.41, 5.74) is -0.101. The van der Waals surface area contributed by atoms with Gasteiger partial charge in [0.15, 0.2) is 11.6 Å². The summed E-state index contributed by atoms with van der Waals surface area (Å²) in [6, 6.07) is 6.90. The number of pyridine rings is 1. The molecule has 3 heterocycles. The van der Waals surface area contributed by atoms with Crippen molar-refractivity contribution in [2.45, 2.75) is 50.9 Å². The molecule has 1 aliphatic carbocycles. The van der Waals surface area contributed by atoms with Gasteiger partial charge in [0.25, 0.3) is 0 Å². The number of aromatic nitrogens is 1. The monoisotopic (exact) mass is 596 g/mol. The second kappa shape index (κ2) is 11.2. The SMILES string of the molecule is CC(=O)NC[C@H]1CN(c2ccc(OC3CCCN(c4cc5c(cc4F)c(=O)c(C(=O)O)cn5C4CC4)C3)c(F)c2)C(=O)O1. The molecule has 13 heteroatoms. The van der Waals surface area contributed by atoms with Crippen molar-refractivity contribution in [1.29, 1.82) is 0 Å². The van der Waals surface area contributed by atoms with Crippen LogP contribution < -0.4 is 25.3 Å². The first kappa shape index (κ1) is 28.4. The predicted octanol–water partition coefficient (Wildman–Crippen LogP) is 3.82. The Bertz CT molecular complexity index is 1690. The van der Waals surface area contributed by atoms with Gasteiger partial charge < -0.3 is 29.4 Å². The third-order valence-corrected chi connectivity index (χ3v) is 7.96. The highest BCUT2D eigenvalue weighted by molar-refractivity contribution is 5.94. The summed E-state index contributed by atoms with van der Waals surface area (Å²) in [5, 5.41) is 12.1. The van der Waals surface area contributed by atoms with E-state index in [0.717, 1.165) is 18.9 Å². The van der Waals surface area contributed by atoms with Crippen molar-refractivity contribution in [2.24, 2.45) is 0 Å². The van der Waals surface area contributed by atoms with E-state index in [1.54, 1.807) is 21.6 Å². The lowest BCUT2D eigenvalue weighted by molar-refractivity contribution is -0.119. The van der Waals surface area contributed by atoms with Crippen molar-refractivity contribution in [2.75, 3.05) is 36.0 Å². The second-order valence-corrected chi connectivity index (χ2v) is 11.1. The third-order valence-electron chi connectivity index (χ3n) is 7.96. The molecule has 0 bridgehead atoms. The van der Waals surface area contributed by atoms with E-state index in [4.69, 9.17) is 9.47 Å². The minimum Gasteiger partial charge on any atom is -0.486 e. The molecule has 226 valence electrons. The molecule has 2 aliphatic heterocycles. The number of ether oxygens (including phenoxy) is 2. The Morgan fingerprint density at radius 1 is 1.09 bits per heavy atom. The Labute approximate surface area is 244 Å². The van der Waals surface area contributed by atoms with E-state index in [-0.39, 0.29) is 54.1 Å². The fourth-order valence-electron chi connectivity index (χ4n) is 5.69. The van der Waals surface area contributed by atoms with E-state index in [0.29, 0.717) is 24.9 Å². The molecule has 1 aromatic heterocycles. The topological polar surface area (TPSA) is 130 Å². The van der Waals surface area contributed by atoms with Crippen LogP contribution in [0.5, 0.6) is 5.75 Å². The highest BCUT2D eigenvalue weighted by Gasteiger charge is 2.33. The van der Waals surface area contributed by atoms with E-state index in [1.807, 2.05) is 0 Å². The van der Waals surface area contributed by atoms with Gasteiger partial charge in [-0.1, -0.05) is 0 Å². The summed E-state index contributed by atoms with van der Waals surface area (Å²) in [6.45, 7) is 2.44. The van der Waals surface area contributed by atoms with Crippen LogP contribution in [-0.4, -0.2) is 66.0 Å². The number of rotatable bonds is 8. The van der Waals surface area contributed by atoms with Gasteiger partial charge in [-0.25, -0.2) is 18.4 Å². The lowest BCUT2D eigenvalue weighted by Crippen LogP contribution is -2.41. The average Bonchev–Trinajstić information content (AvgIpc) is 3.74. The van der Waals surface area contributed by atoms with Gasteiger partial charge in [0.2, 0.25) is 11.3 Å². The van der Waals surface area contributed by atoms with Gasteiger partial charge in [-0.05, 0) is 49.9 Å². The molecule has 3 aliphatic rings. The molecule has 0 radical (unpaired) electrons. The summed E-state index contributed by atoms with van der Waals surface area (Å²) < 4.78 is 43.5. The fourth-order valence-corrected chi connectivity index (χ4v) is 5.69. The van der Waals surface area contributed by atoms with Crippen LogP contribution in [0.1, 0.15) is 49.0 Å². The Hall–Kier alpha value is -4.68. The number of carbonyl (C=O) groups excluding carboxylic acids is 2. The van der Waals surface area contributed by atoms with Gasteiger partial charge in [-0.15, -0.1) is 0 Å². The van der Waals surface area contributed by atoms with Crippen molar-refractivity contribution >= 4 is 40.2 Å². The van der Waals surface area contributed by atoms with Crippen LogP contribution in [0, 0.1) is 11.6 Å². The van der Waals surface area contributed by atoms with Gasteiger partial charge in [-0.3, -0.25) is 14.5 Å². The van der Waals surface area contributed by atoms with Gasteiger partial charge in [0.1, 0.15) is 23.6 Å². The number of piperidine rings is 1. The number of aromatic carboxylic acids is 1. The highest BCUT2D eigenvalue weighted by atomic mass is 19.1. The number of nitrogens with one attached hydrogen (secondary N) is 1. The maximum atomic E-state index is 15.4. The van der Waals surface area contributed by atoms with Crippen LogP contribution in [-0.2, 0) is 9.53 Å². The summed E-state index contributed by atoms with van der Waals surface area (Å²) in [5.74, 6) is -2.94. The molecule has 0 spiro atoms. The zero-order valence-corrected chi connectivity index (χ0v) is 23.3. The number of carboxylic acids is 1. The minimum absolute atomic E-state index is 0.0132. The van der Waals surface area contributed by atoms with Crippen molar-refractivity contribution < 1.29 is 37.7 Å². The van der Waals surface area contributed by atoms with Crippen LogP contribution in [0.2, 0.25) is 0 Å². The Morgan fingerprint density at radius 2 is 1.88 bits per heavy atom. The number of carbonyl (C=O) groups is 3. The first-order valence-corrected chi connectivity index (χ1v) is 14.1. The number of cyclic esters (lactones) is 1.